The number of amides is 1. The normalized spacial score (nSPS) is 11.1. The molecule has 0 saturated carbocycles. The third-order valence-electron chi connectivity index (χ3n) is 3.36. The Bertz CT molecular complexity index is 630. The number of hydrogen-bond donors (Lipinski definition) is 2. The summed E-state index contributed by atoms with van der Waals surface area (Å²) in [5, 5.41) is 13.7. The van der Waals surface area contributed by atoms with Crippen molar-refractivity contribution in [2.45, 2.75) is 25.8 Å². The number of carboxylic acid groups (broad SMARTS) is 1. The third kappa shape index (κ3) is 3.49. The van der Waals surface area contributed by atoms with E-state index in [4.69, 9.17) is 5.11 Å². The van der Waals surface area contributed by atoms with Crippen LogP contribution in [0.1, 0.15) is 34.6 Å². The van der Waals surface area contributed by atoms with Crippen LogP contribution in [0, 0.1) is 0 Å². The summed E-state index contributed by atoms with van der Waals surface area (Å²) >= 11 is 1.56. The SMILES string of the molecule is CC(C)(C(=O)NCc1ccc(C(=O)O)cc1)c1cccs1. The Balaban J connectivity index is 1.99. The first-order valence-electron chi connectivity index (χ1n) is 6.56. The van der Waals surface area contributed by atoms with Gasteiger partial charge in [0.25, 0.3) is 0 Å². The Labute approximate surface area is 127 Å². The lowest BCUT2D eigenvalue weighted by Crippen LogP contribution is -2.39. The van der Waals surface area contributed by atoms with Crippen molar-refractivity contribution in [2.75, 3.05) is 0 Å². The van der Waals surface area contributed by atoms with Gasteiger partial charge in [-0.1, -0.05) is 18.2 Å². The van der Waals surface area contributed by atoms with Crippen molar-refractivity contribution in [2.24, 2.45) is 0 Å². The Kier molecular flexibility index (Phi) is 4.43. The van der Waals surface area contributed by atoms with E-state index >= 15 is 0 Å². The van der Waals surface area contributed by atoms with E-state index in [2.05, 4.69) is 5.32 Å². The fourth-order valence-electron chi connectivity index (χ4n) is 1.91. The number of carbonyl (C=O) groups is 2. The minimum atomic E-state index is -0.954. The van der Waals surface area contributed by atoms with Crippen LogP contribution < -0.4 is 5.32 Å². The van der Waals surface area contributed by atoms with Gasteiger partial charge in [-0.3, -0.25) is 4.79 Å². The van der Waals surface area contributed by atoms with Crippen LogP contribution in [0.2, 0.25) is 0 Å². The van der Waals surface area contributed by atoms with Crippen molar-refractivity contribution in [1.29, 1.82) is 0 Å². The largest absolute Gasteiger partial charge is 0.478 e. The number of thiophene rings is 1. The van der Waals surface area contributed by atoms with Gasteiger partial charge in [0.2, 0.25) is 5.91 Å². The van der Waals surface area contributed by atoms with Crippen LogP contribution in [0.5, 0.6) is 0 Å². The smallest absolute Gasteiger partial charge is 0.335 e. The predicted octanol–water partition coefficient (Wildman–Crippen LogP) is 3.04. The van der Waals surface area contributed by atoms with Gasteiger partial charge in [-0.15, -0.1) is 11.3 Å². The summed E-state index contributed by atoms with van der Waals surface area (Å²) < 4.78 is 0. The van der Waals surface area contributed by atoms with Crippen LogP contribution in [-0.4, -0.2) is 17.0 Å². The topological polar surface area (TPSA) is 66.4 Å². The van der Waals surface area contributed by atoms with Gasteiger partial charge >= 0.3 is 5.97 Å². The van der Waals surface area contributed by atoms with E-state index < -0.39 is 11.4 Å². The molecule has 0 aliphatic carbocycles. The molecule has 1 amide bonds. The summed E-state index contributed by atoms with van der Waals surface area (Å²) in [5.74, 6) is -1.00. The maximum Gasteiger partial charge on any atom is 0.335 e. The standard InChI is InChI=1S/C16H17NO3S/c1-16(2,13-4-3-9-21-13)15(20)17-10-11-5-7-12(8-6-11)14(18)19/h3-9H,10H2,1-2H3,(H,17,20)(H,18,19). The molecule has 0 saturated heterocycles. The molecule has 0 radical (unpaired) electrons. The highest BCUT2D eigenvalue weighted by molar-refractivity contribution is 7.10. The van der Waals surface area contributed by atoms with Crippen molar-refractivity contribution < 1.29 is 14.7 Å². The van der Waals surface area contributed by atoms with Gasteiger partial charge in [0.15, 0.2) is 0 Å². The van der Waals surface area contributed by atoms with Gasteiger partial charge in [-0.2, -0.15) is 0 Å². The molecule has 21 heavy (non-hydrogen) atoms. The minimum absolute atomic E-state index is 0.0488. The molecule has 110 valence electrons. The second-order valence-corrected chi connectivity index (χ2v) is 6.23. The number of hydrogen-bond acceptors (Lipinski definition) is 3. The van der Waals surface area contributed by atoms with Crippen molar-refractivity contribution >= 4 is 23.2 Å². The fraction of sp³-hybridized carbons (Fsp3) is 0.250. The zero-order valence-electron chi connectivity index (χ0n) is 11.9. The lowest BCUT2D eigenvalue weighted by molar-refractivity contribution is -0.125. The predicted molar refractivity (Wildman–Crippen MR) is 82.6 cm³/mol. The molecule has 0 atom stereocenters. The van der Waals surface area contributed by atoms with Gasteiger partial charge in [-0.05, 0) is 43.0 Å². The Morgan fingerprint density at radius 3 is 2.38 bits per heavy atom. The summed E-state index contributed by atoms with van der Waals surface area (Å²) in [7, 11) is 0. The van der Waals surface area contributed by atoms with E-state index in [1.807, 2.05) is 31.4 Å². The molecule has 1 heterocycles. The van der Waals surface area contributed by atoms with Gasteiger partial charge < -0.3 is 10.4 Å². The third-order valence-corrected chi connectivity index (χ3v) is 4.55. The molecule has 1 aromatic heterocycles. The molecule has 0 spiro atoms. The number of carboxylic acids is 1. The second-order valence-electron chi connectivity index (χ2n) is 5.29. The first kappa shape index (κ1) is 15.3. The van der Waals surface area contributed by atoms with Crippen molar-refractivity contribution in [1.82, 2.24) is 5.32 Å². The molecule has 0 fully saturated rings. The molecule has 0 aliphatic heterocycles. The Hall–Kier alpha value is -2.14. The highest BCUT2D eigenvalue weighted by Crippen LogP contribution is 2.27. The first-order chi connectivity index (χ1) is 9.91. The van der Waals surface area contributed by atoms with Gasteiger partial charge in [0.05, 0.1) is 11.0 Å². The van der Waals surface area contributed by atoms with Crippen LogP contribution in [-0.2, 0) is 16.8 Å². The quantitative estimate of drug-likeness (QED) is 0.892. The molecule has 0 bridgehead atoms. The maximum atomic E-state index is 12.3. The fourth-order valence-corrected chi connectivity index (χ4v) is 2.76. The highest BCUT2D eigenvalue weighted by Gasteiger charge is 2.30. The van der Waals surface area contributed by atoms with Gasteiger partial charge in [0, 0.05) is 11.4 Å². The van der Waals surface area contributed by atoms with Gasteiger partial charge in [-0.25, -0.2) is 4.79 Å². The average Bonchev–Trinajstić information content (AvgIpc) is 3.00. The zero-order chi connectivity index (χ0) is 15.5. The maximum absolute atomic E-state index is 12.3. The lowest BCUT2D eigenvalue weighted by Gasteiger charge is -2.22. The summed E-state index contributed by atoms with van der Waals surface area (Å²) in [4.78, 5) is 24.1. The summed E-state index contributed by atoms with van der Waals surface area (Å²) in [5.41, 5.74) is 0.536. The number of aromatic carboxylic acids is 1. The molecule has 0 unspecified atom stereocenters. The Morgan fingerprint density at radius 1 is 1.19 bits per heavy atom. The summed E-state index contributed by atoms with van der Waals surface area (Å²) in [6.45, 7) is 4.16. The zero-order valence-corrected chi connectivity index (χ0v) is 12.7. The van der Waals surface area contributed by atoms with Crippen molar-refractivity contribution in [3.63, 3.8) is 0 Å². The molecule has 4 nitrogen and oxygen atoms in total. The molecule has 2 aromatic rings. The van der Waals surface area contributed by atoms with Gasteiger partial charge in [0.1, 0.15) is 0 Å². The lowest BCUT2D eigenvalue weighted by atomic mass is 9.90. The molecule has 2 rings (SSSR count). The number of carbonyl (C=O) groups excluding carboxylic acids is 1. The van der Waals surface area contributed by atoms with E-state index in [1.165, 1.54) is 12.1 Å². The first-order valence-corrected chi connectivity index (χ1v) is 7.44. The molecular weight excluding hydrogens is 286 g/mol. The number of rotatable bonds is 5. The van der Waals surface area contributed by atoms with Crippen LogP contribution in [0.15, 0.2) is 41.8 Å². The monoisotopic (exact) mass is 303 g/mol. The highest BCUT2D eigenvalue weighted by atomic mass is 32.1. The van der Waals surface area contributed by atoms with Crippen LogP contribution in [0.3, 0.4) is 0 Å². The van der Waals surface area contributed by atoms with Crippen LogP contribution in [0.4, 0.5) is 0 Å². The van der Waals surface area contributed by atoms with Crippen LogP contribution in [0.25, 0.3) is 0 Å². The van der Waals surface area contributed by atoms with Crippen LogP contribution >= 0.6 is 11.3 Å². The summed E-state index contributed by atoms with van der Waals surface area (Å²) in [6.07, 6.45) is 0. The molecule has 0 aliphatic rings. The van der Waals surface area contributed by atoms with E-state index in [1.54, 1.807) is 23.5 Å². The molecule has 5 heteroatoms. The molecule has 1 aromatic carbocycles. The molecule has 2 N–H and O–H groups in total. The van der Waals surface area contributed by atoms with E-state index in [9.17, 15) is 9.59 Å². The molecular formula is C16H17NO3S. The number of benzene rings is 1. The van der Waals surface area contributed by atoms with E-state index in [0.29, 0.717) is 6.54 Å². The summed E-state index contributed by atoms with van der Waals surface area (Å²) in [6, 6.07) is 10.4. The van der Waals surface area contributed by atoms with Crippen molar-refractivity contribution in [3.05, 3.63) is 57.8 Å². The average molecular weight is 303 g/mol. The minimum Gasteiger partial charge on any atom is -0.478 e. The van der Waals surface area contributed by atoms with E-state index in [0.717, 1.165) is 10.4 Å². The van der Waals surface area contributed by atoms with Crippen molar-refractivity contribution in [3.8, 4) is 0 Å². The van der Waals surface area contributed by atoms with E-state index in [-0.39, 0.29) is 11.5 Å². The second kappa shape index (κ2) is 6.10. The Morgan fingerprint density at radius 2 is 1.86 bits per heavy atom. The number of nitrogens with one attached hydrogen (secondary N) is 1.